The van der Waals surface area contributed by atoms with Crippen LogP contribution >= 0.6 is 11.3 Å². The number of hydrogen-bond acceptors (Lipinski definition) is 4. The smallest absolute Gasteiger partial charge is 0.341 e. The van der Waals surface area contributed by atoms with Gasteiger partial charge < -0.3 is 10.1 Å². The quantitative estimate of drug-likeness (QED) is 0.669. The Kier molecular flexibility index (Phi) is 6.89. The van der Waals surface area contributed by atoms with Crippen molar-refractivity contribution in [3.05, 3.63) is 16.0 Å². The van der Waals surface area contributed by atoms with Gasteiger partial charge in [0.05, 0.1) is 12.2 Å². The normalized spacial score (nSPS) is 18.2. The molecule has 5 heteroatoms. The molecule has 4 nitrogen and oxygen atoms in total. The fourth-order valence-electron chi connectivity index (χ4n) is 3.63. The summed E-state index contributed by atoms with van der Waals surface area (Å²) in [5, 5.41) is 3.70. The summed E-state index contributed by atoms with van der Waals surface area (Å²) in [6, 6.07) is 0. The summed E-state index contributed by atoms with van der Waals surface area (Å²) in [5.41, 5.74) is 1.92. The van der Waals surface area contributed by atoms with Crippen molar-refractivity contribution in [1.29, 1.82) is 0 Å². The summed E-state index contributed by atoms with van der Waals surface area (Å²) in [6.45, 7) is 13.0. The van der Waals surface area contributed by atoms with Crippen molar-refractivity contribution in [1.82, 2.24) is 0 Å². The zero-order valence-corrected chi connectivity index (χ0v) is 17.8. The van der Waals surface area contributed by atoms with Crippen molar-refractivity contribution in [2.75, 3.05) is 11.9 Å². The van der Waals surface area contributed by atoms with E-state index in [9.17, 15) is 9.59 Å². The molecule has 0 aromatic carbocycles. The minimum atomic E-state index is -0.308. The molecule has 0 radical (unpaired) electrons. The van der Waals surface area contributed by atoms with Gasteiger partial charge in [-0.2, -0.15) is 0 Å². The predicted octanol–water partition coefficient (Wildman–Crippen LogP) is 5.45. The van der Waals surface area contributed by atoms with Crippen molar-refractivity contribution >= 4 is 28.2 Å². The third-order valence-corrected chi connectivity index (χ3v) is 6.55. The first-order valence-corrected chi connectivity index (χ1v) is 10.6. The summed E-state index contributed by atoms with van der Waals surface area (Å²) in [6.07, 6.45) is 4.73. The van der Waals surface area contributed by atoms with Crippen LogP contribution in [0.2, 0.25) is 0 Å². The Hall–Kier alpha value is -1.36. The molecular formula is C21H33NO3S. The van der Waals surface area contributed by atoms with Gasteiger partial charge in [-0.15, -0.1) is 11.3 Å². The van der Waals surface area contributed by atoms with Gasteiger partial charge in [-0.05, 0) is 49.5 Å². The maximum absolute atomic E-state index is 12.6. The van der Waals surface area contributed by atoms with E-state index >= 15 is 0 Å². The van der Waals surface area contributed by atoms with Crippen LogP contribution in [0.25, 0.3) is 0 Å². The van der Waals surface area contributed by atoms with Crippen molar-refractivity contribution in [2.45, 2.75) is 73.6 Å². The third-order valence-electron chi connectivity index (χ3n) is 5.38. The van der Waals surface area contributed by atoms with Crippen LogP contribution in [0.15, 0.2) is 0 Å². The Bertz CT molecular complexity index is 657. The highest BCUT2D eigenvalue weighted by Gasteiger charge is 2.34. The number of thiophene rings is 1. The first kappa shape index (κ1) is 20.9. The Morgan fingerprint density at radius 3 is 2.58 bits per heavy atom. The van der Waals surface area contributed by atoms with E-state index in [4.69, 9.17) is 4.74 Å². The topological polar surface area (TPSA) is 55.4 Å². The number of ether oxygens (including phenoxy) is 1. The minimum absolute atomic E-state index is 0.0108. The van der Waals surface area contributed by atoms with Gasteiger partial charge in [0, 0.05) is 10.8 Å². The molecule has 1 aromatic rings. The summed E-state index contributed by atoms with van der Waals surface area (Å²) < 4.78 is 5.29. The molecule has 1 aliphatic rings. The van der Waals surface area contributed by atoms with E-state index in [-0.39, 0.29) is 23.2 Å². The number of amides is 1. The molecular weight excluding hydrogens is 346 g/mol. The molecule has 1 N–H and O–H groups in total. The summed E-state index contributed by atoms with van der Waals surface area (Å²) in [7, 11) is 0. The lowest BCUT2D eigenvalue weighted by molar-refractivity contribution is -0.119. The van der Waals surface area contributed by atoms with E-state index in [1.165, 1.54) is 4.88 Å². The Morgan fingerprint density at radius 2 is 2.00 bits per heavy atom. The monoisotopic (exact) mass is 379 g/mol. The molecule has 1 amide bonds. The zero-order chi connectivity index (χ0) is 19.5. The number of anilines is 1. The van der Waals surface area contributed by atoms with Gasteiger partial charge in [0.1, 0.15) is 5.00 Å². The maximum Gasteiger partial charge on any atom is 0.341 e. The van der Waals surface area contributed by atoms with Crippen LogP contribution in [-0.2, 0) is 22.4 Å². The molecule has 1 aliphatic carbocycles. The average Bonchev–Trinajstić information content (AvgIpc) is 2.91. The summed E-state index contributed by atoms with van der Waals surface area (Å²) in [4.78, 5) is 26.3. The fourth-order valence-corrected chi connectivity index (χ4v) is 4.95. The lowest BCUT2D eigenvalue weighted by Crippen LogP contribution is -2.26. The Balaban J connectivity index is 2.34. The average molecular weight is 380 g/mol. The first-order chi connectivity index (χ1) is 12.2. The van der Waals surface area contributed by atoms with E-state index < -0.39 is 0 Å². The van der Waals surface area contributed by atoms with Gasteiger partial charge in [0.2, 0.25) is 5.91 Å². The second-order valence-electron chi connectivity index (χ2n) is 8.41. The molecule has 0 aliphatic heterocycles. The second-order valence-corrected chi connectivity index (χ2v) is 9.52. The third kappa shape index (κ3) is 4.67. The summed E-state index contributed by atoms with van der Waals surface area (Å²) in [5.74, 6) is 0.212. The van der Waals surface area contributed by atoms with Gasteiger partial charge in [0.25, 0.3) is 0 Å². The van der Waals surface area contributed by atoms with Crippen molar-refractivity contribution < 1.29 is 14.3 Å². The molecule has 1 aromatic heterocycles. The van der Waals surface area contributed by atoms with Crippen LogP contribution in [-0.4, -0.2) is 18.5 Å². The largest absolute Gasteiger partial charge is 0.462 e. The van der Waals surface area contributed by atoms with E-state index in [2.05, 4.69) is 33.0 Å². The molecule has 0 saturated heterocycles. The maximum atomic E-state index is 12.6. The van der Waals surface area contributed by atoms with Gasteiger partial charge in [0.15, 0.2) is 0 Å². The lowest BCUT2D eigenvalue weighted by atomic mass is 9.72. The number of hydrogen-bond donors (Lipinski definition) is 1. The van der Waals surface area contributed by atoms with Gasteiger partial charge in [-0.1, -0.05) is 41.0 Å². The molecule has 146 valence electrons. The van der Waals surface area contributed by atoms with Gasteiger partial charge in [-0.3, -0.25) is 4.79 Å². The highest BCUT2D eigenvalue weighted by molar-refractivity contribution is 7.17. The van der Waals surface area contributed by atoms with E-state index in [0.717, 1.165) is 37.7 Å². The molecule has 0 fully saturated rings. The van der Waals surface area contributed by atoms with E-state index in [1.54, 1.807) is 11.3 Å². The minimum Gasteiger partial charge on any atom is -0.462 e. The SMILES string of the molecule is CCC[C@@H](C)C(=O)Nc1sc2c(c1C(=O)OCC)CC[C@H](C(C)(C)C)C2. The standard InChI is InChI=1S/C21H33NO3S/c1-7-9-13(3)18(23)22-19-17(20(24)25-8-2)15-11-10-14(21(4,5)6)12-16(15)26-19/h13-14H,7-12H2,1-6H3,(H,22,23)/t13-,14+/m1/s1. The molecule has 0 unspecified atom stereocenters. The summed E-state index contributed by atoms with van der Waals surface area (Å²) >= 11 is 1.57. The zero-order valence-electron chi connectivity index (χ0n) is 17.0. The lowest BCUT2D eigenvalue weighted by Gasteiger charge is -2.33. The van der Waals surface area contributed by atoms with Crippen LogP contribution < -0.4 is 5.32 Å². The number of carbonyl (C=O) groups excluding carboxylic acids is 2. The molecule has 0 saturated carbocycles. The Morgan fingerprint density at radius 1 is 1.31 bits per heavy atom. The second kappa shape index (κ2) is 8.55. The predicted molar refractivity (Wildman–Crippen MR) is 108 cm³/mol. The van der Waals surface area contributed by atoms with Crippen LogP contribution in [0, 0.1) is 17.3 Å². The van der Waals surface area contributed by atoms with Crippen LogP contribution in [0.1, 0.15) is 81.6 Å². The fraction of sp³-hybridized carbons (Fsp3) is 0.714. The molecule has 0 bridgehead atoms. The number of nitrogens with one attached hydrogen (secondary N) is 1. The molecule has 2 rings (SSSR count). The molecule has 2 atom stereocenters. The number of fused-ring (bicyclic) bond motifs is 1. The van der Waals surface area contributed by atoms with Crippen molar-refractivity contribution in [2.24, 2.45) is 17.3 Å². The number of carbonyl (C=O) groups is 2. The number of esters is 1. The van der Waals surface area contributed by atoms with Gasteiger partial charge >= 0.3 is 5.97 Å². The highest BCUT2D eigenvalue weighted by atomic mass is 32.1. The van der Waals surface area contributed by atoms with Crippen LogP contribution in [0.5, 0.6) is 0 Å². The van der Waals surface area contributed by atoms with Crippen LogP contribution in [0.3, 0.4) is 0 Å². The first-order valence-electron chi connectivity index (χ1n) is 9.81. The Labute approximate surface area is 161 Å². The number of rotatable bonds is 6. The highest BCUT2D eigenvalue weighted by Crippen LogP contribution is 2.44. The van der Waals surface area contributed by atoms with Crippen molar-refractivity contribution in [3.63, 3.8) is 0 Å². The molecule has 1 heterocycles. The van der Waals surface area contributed by atoms with E-state index in [0.29, 0.717) is 23.1 Å². The molecule has 26 heavy (non-hydrogen) atoms. The van der Waals surface area contributed by atoms with Crippen LogP contribution in [0.4, 0.5) is 5.00 Å². The molecule has 0 spiro atoms. The van der Waals surface area contributed by atoms with E-state index in [1.807, 2.05) is 13.8 Å². The van der Waals surface area contributed by atoms with Crippen molar-refractivity contribution in [3.8, 4) is 0 Å². The van der Waals surface area contributed by atoms with Gasteiger partial charge in [-0.25, -0.2) is 4.79 Å².